The summed E-state index contributed by atoms with van der Waals surface area (Å²) in [6.45, 7) is 8.08. The van der Waals surface area contributed by atoms with E-state index in [2.05, 4.69) is 29.6 Å². The van der Waals surface area contributed by atoms with Crippen LogP contribution in [0.25, 0.3) is 5.57 Å². The second-order valence-corrected chi connectivity index (χ2v) is 15.8. The molecule has 10 nitrogen and oxygen atoms in total. The highest BCUT2D eigenvalue weighted by molar-refractivity contribution is 7.86. The Morgan fingerprint density at radius 2 is 1.16 bits per heavy atom. The highest BCUT2D eigenvalue weighted by Crippen LogP contribution is 2.37. The van der Waals surface area contributed by atoms with Crippen molar-refractivity contribution in [2.75, 3.05) is 43.3 Å². The molecule has 0 unspecified atom stereocenters. The van der Waals surface area contributed by atoms with Crippen LogP contribution in [0.5, 0.6) is 0 Å². The summed E-state index contributed by atoms with van der Waals surface area (Å²) in [4.78, 5) is 7.65. The van der Waals surface area contributed by atoms with Gasteiger partial charge in [0.2, 0.25) is 0 Å². The fraction of sp³-hybridized carbons (Fsp3) is 0.205. The number of benzene rings is 4. The van der Waals surface area contributed by atoms with Crippen molar-refractivity contribution >= 4 is 60.0 Å². The lowest BCUT2D eigenvalue weighted by Gasteiger charge is -2.20. The first-order valence-corrected chi connectivity index (χ1v) is 18.9. The molecule has 0 atom stereocenters. The van der Waals surface area contributed by atoms with E-state index in [1.807, 2.05) is 102 Å². The van der Waals surface area contributed by atoms with Crippen molar-refractivity contribution in [1.82, 2.24) is 0 Å². The summed E-state index contributed by atoms with van der Waals surface area (Å²) in [5.41, 5.74) is 11.2. The van der Waals surface area contributed by atoms with Crippen LogP contribution in [-0.2, 0) is 20.2 Å². The third-order valence-electron chi connectivity index (χ3n) is 8.66. The van der Waals surface area contributed by atoms with Crippen molar-refractivity contribution in [3.8, 4) is 0 Å². The molecule has 0 radical (unpaired) electrons. The Morgan fingerprint density at radius 3 is 1.63 bits per heavy atom. The average molecular weight is 727 g/mol. The Bertz CT molecular complexity index is 2310. The van der Waals surface area contributed by atoms with Gasteiger partial charge in [-0.15, -0.1) is 0 Å². The monoisotopic (exact) mass is 726 g/mol. The number of allylic oxidation sites excluding steroid dienone is 5. The molecule has 0 amide bonds. The molecule has 1 aliphatic rings. The maximum atomic E-state index is 12.7. The molecule has 51 heavy (non-hydrogen) atoms. The van der Waals surface area contributed by atoms with Gasteiger partial charge in [0.1, 0.15) is 4.90 Å². The maximum Gasteiger partial charge on any atom is 0.295 e. The summed E-state index contributed by atoms with van der Waals surface area (Å²) in [5, 5.41) is 3.49. The molecule has 0 aliphatic heterocycles. The molecule has 3 N–H and O–H groups in total. The molecule has 0 fully saturated rings. The van der Waals surface area contributed by atoms with Crippen LogP contribution in [-0.4, -0.2) is 59.8 Å². The molecule has 0 saturated carbocycles. The minimum atomic E-state index is -4.95. The van der Waals surface area contributed by atoms with E-state index in [0.717, 1.165) is 62.8 Å². The van der Waals surface area contributed by atoms with E-state index >= 15 is 0 Å². The van der Waals surface area contributed by atoms with E-state index in [1.165, 1.54) is 6.07 Å². The quantitative estimate of drug-likeness (QED) is 0.147. The lowest BCUT2D eigenvalue weighted by atomic mass is 9.90. The number of aryl methyl sites for hydroxylation is 4. The van der Waals surface area contributed by atoms with Crippen molar-refractivity contribution in [1.29, 1.82) is 0 Å². The summed E-state index contributed by atoms with van der Waals surface area (Å²) >= 11 is 0. The van der Waals surface area contributed by atoms with Gasteiger partial charge >= 0.3 is 0 Å². The van der Waals surface area contributed by atoms with Crippen LogP contribution in [0.4, 0.5) is 28.4 Å². The van der Waals surface area contributed by atoms with Gasteiger partial charge in [0.15, 0.2) is 0 Å². The van der Waals surface area contributed by atoms with E-state index in [0.29, 0.717) is 22.4 Å². The molecule has 1 aliphatic carbocycles. The predicted molar refractivity (Wildman–Crippen MR) is 208 cm³/mol. The minimum Gasteiger partial charge on any atom is -0.378 e. The molecular weight excluding hydrogens is 685 g/mol. The lowest BCUT2D eigenvalue weighted by molar-refractivity contribution is 0.481. The van der Waals surface area contributed by atoms with Gasteiger partial charge in [0.05, 0.1) is 16.3 Å². The van der Waals surface area contributed by atoms with Crippen LogP contribution in [0.1, 0.15) is 33.4 Å². The molecule has 0 bridgehead atoms. The topological polar surface area (TPSA) is 140 Å². The second kappa shape index (κ2) is 14.3. The van der Waals surface area contributed by atoms with Gasteiger partial charge < -0.3 is 15.1 Å². The van der Waals surface area contributed by atoms with E-state index in [-0.39, 0.29) is 5.56 Å². The van der Waals surface area contributed by atoms with Gasteiger partial charge in [-0.3, -0.25) is 9.11 Å². The SMILES string of the molecule is Cc1cc(N(C)C)cc(C)c1N=C1C=CC(=C(c2ccc(Nc3c(C)cc(N(C)C)cc3C)cc2)c2ccc(S(=O)(=O)O)cc2S(=O)(=O)O)C=C1. The molecule has 5 rings (SSSR count). The first-order valence-electron chi connectivity index (χ1n) is 16.1. The maximum absolute atomic E-state index is 12.7. The normalized spacial score (nSPS) is 13.0. The van der Waals surface area contributed by atoms with Crippen LogP contribution < -0.4 is 15.1 Å². The predicted octanol–water partition coefficient (Wildman–Crippen LogP) is 7.99. The number of hydrogen-bond donors (Lipinski definition) is 3. The molecule has 0 saturated heterocycles. The largest absolute Gasteiger partial charge is 0.378 e. The van der Waals surface area contributed by atoms with Gasteiger partial charge in [0.25, 0.3) is 20.2 Å². The first kappa shape index (κ1) is 37.3. The zero-order valence-corrected chi connectivity index (χ0v) is 31.5. The Hall–Kier alpha value is -5.01. The van der Waals surface area contributed by atoms with Crippen molar-refractivity contribution in [3.05, 3.63) is 130 Å². The smallest absolute Gasteiger partial charge is 0.295 e. The van der Waals surface area contributed by atoms with E-state index in [9.17, 15) is 25.9 Å². The molecule has 266 valence electrons. The Kier molecular flexibility index (Phi) is 10.5. The molecule has 0 aromatic heterocycles. The minimum absolute atomic E-state index is 0.0484. The van der Waals surface area contributed by atoms with Gasteiger partial charge in [-0.1, -0.05) is 30.4 Å². The molecule has 0 heterocycles. The highest BCUT2D eigenvalue weighted by Gasteiger charge is 2.25. The fourth-order valence-corrected chi connectivity index (χ4v) is 7.33. The van der Waals surface area contributed by atoms with Crippen LogP contribution in [0, 0.1) is 27.7 Å². The third-order valence-corrected chi connectivity index (χ3v) is 10.4. The van der Waals surface area contributed by atoms with Gasteiger partial charge in [-0.25, -0.2) is 4.99 Å². The Labute approximate surface area is 300 Å². The fourth-order valence-electron chi connectivity index (χ4n) is 6.02. The Morgan fingerprint density at radius 1 is 0.647 bits per heavy atom. The van der Waals surface area contributed by atoms with Crippen molar-refractivity contribution < 1.29 is 25.9 Å². The van der Waals surface area contributed by atoms with Crippen LogP contribution in [0.15, 0.2) is 111 Å². The lowest BCUT2D eigenvalue weighted by Crippen LogP contribution is -2.10. The van der Waals surface area contributed by atoms with Gasteiger partial charge in [-0.2, -0.15) is 16.8 Å². The number of anilines is 4. The summed E-state index contributed by atoms with van der Waals surface area (Å²) < 4.78 is 69.3. The van der Waals surface area contributed by atoms with E-state index in [1.54, 1.807) is 12.2 Å². The standard InChI is InChI=1S/C39H42N4O6S2/c1-24-19-32(42(5)6)20-25(2)38(24)40-30-13-9-28(10-14-30)37(35-18-17-34(50(44,45)46)23-36(35)51(47,48)49)29-11-15-31(16-12-29)41-39-26(3)21-33(43(7)8)22-27(39)4/h9-23,40H,1-8H3,(H,44,45,46)(H,47,48,49). The van der Waals surface area contributed by atoms with Crippen molar-refractivity contribution in [2.45, 2.75) is 37.5 Å². The molecule has 4 aromatic carbocycles. The zero-order chi connectivity index (χ0) is 37.4. The number of hydrogen-bond acceptors (Lipinski definition) is 8. The number of nitrogens with one attached hydrogen (secondary N) is 1. The van der Waals surface area contributed by atoms with Crippen LogP contribution >= 0.6 is 0 Å². The van der Waals surface area contributed by atoms with Crippen LogP contribution in [0.2, 0.25) is 0 Å². The van der Waals surface area contributed by atoms with Gasteiger partial charge in [0, 0.05) is 56.5 Å². The number of rotatable bonds is 9. The molecular formula is C39H42N4O6S2. The summed E-state index contributed by atoms with van der Waals surface area (Å²) in [6, 6.07) is 18.8. The third kappa shape index (κ3) is 8.32. The molecule has 0 spiro atoms. The van der Waals surface area contributed by atoms with Crippen molar-refractivity contribution in [2.24, 2.45) is 4.99 Å². The first-order chi connectivity index (χ1) is 23.8. The van der Waals surface area contributed by atoms with Crippen LogP contribution in [0.3, 0.4) is 0 Å². The van der Waals surface area contributed by atoms with E-state index < -0.39 is 30.0 Å². The molecule has 12 heteroatoms. The number of nitrogens with zero attached hydrogens (tertiary/aromatic N) is 3. The van der Waals surface area contributed by atoms with Gasteiger partial charge in [-0.05, 0) is 127 Å². The summed E-state index contributed by atoms with van der Waals surface area (Å²) in [7, 11) is -1.76. The van der Waals surface area contributed by atoms with Crippen molar-refractivity contribution in [3.63, 3.8) is 0 Å². The average Bonchev–Trinajstić information content (AvgIpc) is 3.04. The zero-order valence-electron chi connectivity index (χ0n) is 29.8. The highest BCUT2D eigenvalue weighted by atomic mass is 32.2. The summed E-state index contributed by atoms with van der Waals surface area (Å²) in [5.74, 6) is 0. The van der Waals surface area contributed by atoms with E-state index in [4.69, 9.17) is 4.99 Å². The second-order valence-electron chi connectivity index (χ2n) is 13.0. The number of aliphatic imine (C=N–C) groups is 1. The summed E-state index contributed by atoms with van der Waals surface area (Å²) in [6.07, 6.45) is 7.21. The molecule has 4 aromatic rings. The Balaban J connectivity index is 1.63.